The third kappa shape index (κ3) is 7.08. The number of benzene rings is 2. The molecule has 0 saturated heterocycles. The molecule has 0 aliphatic carbocycles. The van der Waals surface area contributed by atoms with E-state index in [-0.39, 0.29) is 23.7 Å². The van der Waals surface area contributed by atoms with Gasteiger partial charge in [0.1, 0.15) is 11.8 Å². The number of methoxy groups -OCH3 is 1. The Morgan fingerprint density at radius 2 is 1.76 bits per heavy atom. The van der Waals surface area contributed by atoms with E-state index < -0.39 is 18.2 Å². The standard InChI is InChI=1S/C30H39ClN2O5/c1-18(2)27(29(36)38-15-14-30(4,5)6)32-26(34)17-23-19(3)33(25-13-12-22(37-7)16-24(23)25)28(35)20-8-10-21(31)11-9-20/h8-13,16,18,27-28,35H,14-15,17H2,1-7H3,(H,32,34)/t27-,28?/m0/s1. The van der Waals surface area contributed by atoms with Crippen LogP contribution < -0.4 is 10.1 Å². The number of carbonyl (C=O) groups excluding carboxylic acids is 2. The molecule has 2 N–H and O–H groups in total. The van der Waals surface area contributed by atoms with Gasteiger partial charge in [-0.2, -0.15) is 0 Å². The fourth-order valence-corrected chi connectivity index (χ4v) is 4.49. The van der Waals surface area contributed by atoms with Gasteiger partial charge in [-0.1, -0.05) is 58.4 Å². The molecule has 206 valence electrons. The normalized spacial score (nSPS) is 13.4. The fraction of sp³-hybridized carbons (Fsp3) is 0.467. The molecule has 0 spiro atoms. The molecule has 3 rings (SSSR count). The average Bonchev–Trinajstić information content (AvgIpc) is 3.11. The lowest BCUT2D eigenvalue weighted by Gasteiger charge is -2.23. The van der Waals surface area contributed by atoms with Gasteiger partial charge in [-0.25, -0.2) is 4.79 Å². The van der Waals surface area contributed by atoms with Crippen LogP contribution >= 0.6 is 11.6 Å². The molecule has 8 heteroatoms. The topological polar surface area (TPSA) is 89.8 Å². The van der Waals surface area contributed by atoms with Crippen molar-refractivity contribution in [3.8, 4) is 5.75 Å². The molecule has 0 fully saturated rings. The summed E-state index contributed by atoms with van der Waals surface area (Å²) < 4.78 is 12.7. The zero-order valence-corrected chi connectivity index (χ0v) is 24.1. The van der Waals surface area contributed by atoms with Crippen LogP contribution in [0, 0.1) is 18.3 Å². The molecular formula is C30H39ClN2O5. The Morgan fingerprint density at radius 1 is 1.11 bits per heavy atom. The molecule has 1 aromatic heterocycles. The highest BCUT2D eigenvalue weighted by Gasteiger charge is 2.28. The Labute approximate surface area is 230 Å². The molecular weight excluding hydrogens is 504 g/mol. The molecule has 0 aliphatic heterocycles. The number of halogens is 1. The van der Waals surface area contributed by atoms with E-state index in [0.717, 1.165) is 28.6 Å². The lowest BCUT2D eigenvalue weighted by molar-refractivity contribution is -0.149. The number of hydrogen-bond acceptors (Lipinski definition) is 5. The quantitative estimate of drug-likeness (QED) is 0.315. The van der Waals surface area contributed by atoms with E-state index in [1.807, 2.05) is 39.0 Å². The van der Waals surface area contributed by atoms with Crippen molar-refractivity contribution in [2.75, 3.05) is 13.7 Å². The molecule has 2 atom stereocenters. The molecule has 2 aromatic carbocycles. The van der Waals surface area contributed by atoms with Crippen LogP contribution in [0.5, 0.6) is 5.75 Å². The Hall–Kier alpha value is -3.03. The van der Waals surface area contributed by atoms with Crippen molar-refractivity contribution in [2.24, 2.45) is 11.3 Å². The summed E-state index contributed by atoms with van der Waals surface area (Å²) in [5.41, 5.74) is 2.95. The van der Waals surface area contributed by atoms with Crippen molar-refractivity contribution in [1.82, 2.24) is 9.88 Å². The summed E-state index contributed by atoms with van der Waals surface area (Å²) in [5, 5.41) is 15.5. The highest BCUT2D eigenvalue weighted by molar-refractivity contribution is 6.30. The number of fused-ring (bicyclic) bond motifs is 1. The molecule has 1 amide bonds. The van der Waals surface area contributed by atoms with E-state index in [4.69, 9.17) is 21.1 Å². The van der Waals surface area contributed by atoms with Crippen LogP contribution in [0.4, 0.5) is 0 Å². The Morgan fingerprint density at radius 3 is 2.34 bits per heavy atom. The summed E-state index contributed by atoms with van der Waals surface area (Å²) >= 11 is 6.04. The Balaban J connectivity index is 1.90. The predicted molar refractivity (Wildman–Crippen MR) is 151 cm³/mol. The summed E-state index contributed by atoms with van der Waals surface area (Å²) in [6.45, 7) is 12.2. The van der Waals surface area contributed by atoms with Crippen LogP contribution in [0.1, 0.15) is 64.1 Å². The number of carbonyl (C=O) groups is 2. The van der Waals surface area contributed by atoms with Gasteiger partial charge >= 0.3 is 5.97 Å². The molecule has 0 aliphatic rings. The second-order valence-electron chi connectivity index (χ2n) is 11.2. The van der Waals surface area contributed by atoms with Crippen LogP contribution in [0.25, 0.3) is 10.9 Å². The van der Waals surface area contributed by atoms with E-state index in [0.29, 0.717) is 22.9 Å². The number of aliphatic hydroxyl groups is 1. The van der Waals surface area contributed by atoms with Gasteiger partial charge in [-0.05, 0) is 60.6 Å². The zero-order chi connectivity index (χ0) is 28.2. The van der Waals surface area contributed by atoms with Crippen LogP contribution in [0.2, 0.25) is 5.02 Å². The van der Waals surface area contributed by atoms with Gasteiger partial charge in [-0.3, -0.25) is 4.79 Å². The summed E-state index contributed by atoms with van der Waals surface area (Å²) in [5.74, 6) is -0.242. The third-order valence-electron chi connectivity index (χ3n) is 6.67. The molecule has 1 unspecified atom stereocenters. The number of amides is 1. The van der Waals surface area contributed by atoms with E-state index in [1.165, 1.54) is 0 Å². The number of rotatable bonds is 10. The van der Waals surface area contributed by atoms with Gasteiger partial charge in [0.15, 0.2) is 6.23 Å². The fourth-order valence-electron chi connectivity index (χ4n) is 4.37. The van der Waals surface area contributed by atoms with Crippen molar-refractivity contribution >= 4 is 34.4 Å². The minimum Gasteiger partial charge on any atom is -0.497 e. The number of aliphatic hydroxyl groups excluding tert-OH is 1. The number of esters is 1. The van der Waals surface area contributed by atoms with Gasteiger partial charge in [0, 0.05) is 21.7 Å². The Bertz CT molecular complexity index is 1270. The number of aromatic nitrogens is 1. The van der Waals surface area contributed by atoms with Gasteiger partial charge in [0.25, 0.3) is 0 Å². The lowest BCUT2D eigenvalue weighted by Crippen LogP contribution is -2.46. The van der Waals surface area contributed by atoms with Crippen LogP contribution in [-0.4, -0.2) is 41.3 Å². The summed E-state index contributed by atoms with van der Waals surface area (Å²) in [6, 6.07) is 11.8. The van der Waals surface area contributed by atoms with Gasteiger partial charge < -0.3 is 24.5 Å². The van der Waals surface area contributed by atoms with E-state index in [2.05, 4.69) is 26.1 Å². The van der Waals surface area contributed by atoms with Crippen LogP contribution in [-0.2, 0) is 20.7 Å². The SMILES string of the molecule is COc1ccc2c(c1)c(CC(=O)N[C@H](C(=O)OCCC(C)(C)C)C(C)C)c(C)n2C(O)c1ccc(Cl)cc1. The molecule has 1 heterocycles. The van der Waals surface area contributed by atoms with Gasteiger partial charge in [0.05, 0.1) is 25.7 Å². The maximum Gasteiger partial charge on any atom is 0.328 e. The predicted octanol–water partition coefficient (Wildman–Crippen LogP) is 5.81. The summed E-state index contributed by atoms with van der Waals surface area (Å²) in [6.07, 6.45) is -0.233. The second kappa shape index (κ2) is 12.2. The van der Waals surface area contributed by atoms with E-state index in [9.17, 15) is 14.7 Å². The number of nitrogens with one attached hydrogen (secondary N) is 1. The molecule has 0 saturated carbocycles. The van der Waals surface area contributed by atoms with Gasteiger partial charge in [-0.15, -0.1) is 0 Å². The number of nitrogens with zero attached hydrogens (tertiary/aromatic N) is 1. The van der Waals surface area contributed by atoms with Gasteiger partial charge in [0.2, 0.25) is 5.91 Å². The summed E-state index contributed by atoms with van der Waals surface area (Å²) in [4.78, 5) is 26.1. The zero-order valence-electron chi connectivity index (χ0n) is 23.3. The smallest absolute Gasteiger partial charge is 0.328 e. The first-order chi connectivity index (χ1) is 17.8. The first kappa shape index (κ1) is 29.5. The largest absolute Gasteiger partial charge is 0.497 e. The molecule has 0 bridgehead atoms. The molecule has 38 heavy (non-hydrogen) atoms. The molecule has 7 nitrogen and oxygen atoms in total. The lowest BCUT2D eigenvalue weighted by atomic mass is 9.93. The maximum atomic E-state index is 13.3. The number of ether oxygens (including phenoxy) is 2. The van der Waals surface area contributed by atoms with Crippen molar-refractivity contribution in [2.45, 2.75) is 66.7 Å². The average molecular weight is 543 g/mol. The first-order valence-corrected chi connectivity index (χ1v) is 13.3. The van der Waals surface area contributed by atoms with E-state index >= 15 is 0 Å². The van der Waals surface area contributed by atoms with Crippen molar-refractivity contribution in [3.63, 3.8) is 0 Å². The highest BCUT2D eigenvalue weighted by atomic mass is 35.5. The molecule has 0 radical (unpaired) electrons. The highest BCUT2D eigenvalue weighted by Crippen LogP contribution is 2.34. The monoisotopic (exact) mass is 542 g/mol. The third-order valence-corrected chi connectivity index (χ3v) is 6.92. The van der Waals surface area contributed by atoms with Crippen LogP contribution in [0.15, 0.2) is 42.5 Å². The van der Waals surface area contributed by atoms with Crippen LogP contribution in [0.3, 0.4) is 0 Å². The van der Waals surface area contributed by atoms with Crippen molar-refractivity contribution in [3.05, 3.63) is 64.3 Å². The minimum absolute atomic E-state index is 0.0222. The first-order valence-electron chi connectivity index (χ1n) is 12.9. The number of hydrogen-bond donors (Lipinski definition) is 2. The minimum atomic E-state index is -0.985. The molecule has 3 aromatic rings. The van der Waals surface area contributed by atoms with Crippen molar-refractivity contribution < 1.29 is 24.2 Å². The maximum absolute atomic E-state index is 13.3. The summed E-state index contributed by atoms with van der Waals surface area (Å²) in [7, 11) is 1.58. The van der Waals surface area contributed by atoms with Crippen molar-refractivity contribution in [1.29, 1.82) is 0 Å². The second-order valence-corrected chi connectivity index (χ2v) is 11.6. The van der Waals surface area contributed by atoms with E-state index in [1.54, 1.807) is 35.9 Å². The Kier molecular flexibility index (Phi) is 9.49.